The molecule has 5 heteroatoms. The molecule has 0 bridgehead atoms. The molecule has 1 aromatic heterocycles. The number of hydrogen-bond acceptors (Lipinski definition) is 4. The molecule has 5 nitrogen and oxygen atoms in total. The highest BCUT2D eigenvalue weighted by Crippen LogP contribution is 2.13. The SMILES string of the molecule is CC(=O)Nc1nc(C)cc(OCc2ccccc2)n1. The minimum absolute atomic E-state index is 0.209. The molecule has 0 unspecified atom stereocenters. The number of amides is 1. The van der Waals surface area contributed by atoms with Crippen LogP contribution in [0.25, 0.3) is 0 Å². The van der Waals surface area contributed by atoms with Gasteiger partial charge in [0.2, 0.25) is 17.7 Å². The van der Waals surface area contributed by atoms with Crippen LogP contribution in [0.5, 0.6) is 5.88 Å². The van der Waals surface area contributed by atoms with Crippen LogP contribution in [0.2, 0.25) is 0 Å². The number of benzene rings is 1. The maximum atomic E-state index is 11.0. The average Bonchev–Trinajstić information content (AvgIpc) is 2.36. The Morgan fingerprint density at radius 1 is 1.26 bits per heavy atom. The summed E-state index contributed by atoms with van der Waals surface area (Å²) < 4.78 is 5.59. The number of hydrogen-bond donors (Lipinski definition) is 1. The Kier molecular flexibility index (Phi) is 4.07. The molecule has 1 N–H and O–H groups in total. The molecule has 0 aliphatic heterocycles. The van der Waals surface area contributed by atoms with Gasteiger partial charge < -0.3 is 4.74 Å². The Balaban J connectivity index is 2.07. The van der Waals surface area contributed by atoms with Crippen LogP contribution in [-0.2, 0) is 11.4 Å². The summed E-state index contributed by atoms with van der Waals surface area (Å²) in [6, 6.07) is 11.5. The van der Waals surface area contributed by atoms with E-state index in [0.29, 0.717) is 12.5 Å². The number of nitrogens with zero attached hydrogens (tertiary/aromatic N) is 2. The molecule has 2 rings (SSSR count). The molecule has 0 radical (unpaired) electrons. The number of aromatic nitrogens is 2. The van der Waals surface area contributed by atoms with Gasteiger partial charge in [0, 0.05) is 18.7 Å². The third kappa shape index (κ3) is 4.06. The largest absolute Gasteiger partial charge is 0.473 e. The molecular weight excluding hydrogens is 242 g/mol. The lowest BCUT2D eigenvalue weighted by Gasteiger charge is -2.08. The summed E-state index contributed by atoms with van der Waals surface area (Å²) in [5.41, 5.74) is 1.79. The predicted molar refractivity (Wildman–Crippen MR) is 71.8 cm³/mol. The van der Waals surface area contributed by atoms with Gasteiger partial charge in [-0.05, 0) is 12.5 Å². The van der Waals surface area contributed by atoms with Crippen LogP contribution in [0.1, 0.15) is 18.2 Å². The lowest BCUT2D eigenvalue weighted by molar-refractivity contribution is -0.114. The number of ether oxygens (including phenoxy) is 1. The van der Waals surface area contributed by atoms with Gasteiger partial charge in [-0.1, -0.05) is 30.3 Å². The summed E-state index contributed by atoms with van der Waals surface area (Å²) in [5, 5.41) is 2.54. The van der Waals surface area contributed by atoms with E-state index in [1.807, 2.05) is 37.3 Å². The van der Waals surface area contributed by atoms with E-state index in [0.717, 1.165) is 11.3 Å². The first-order valence-corrected chi connectivity index (χ1v) is 5.93. The molecule has 0 aliphatic carbocycles. The molecule has 2 aromatic rings. The van der Waals surface area contributed by atoms with Gasteiger partial charge in [-0.15, -0.1) is 0 Å². The normalized spacial score (nSPS) is 10.0. The smallest absolute Gasteiger partial charge is 0.232 e. The van der Waals surface area contributed by atoms with E-state index in [-0.39, 0.29) is 11.9 Å². The van der Waals surface area contributed by atoms with E-state index >= 15 is 0 Å². The summed E-state index contributed by atoms with van der Waals surface area (Å²) in [6.07, 6.45) is 0. The van der Waals surface area contributed by atoms with Gasteiger partial charge in [0.1, 0.15) is 6.61 Å². The second-order valence-corrected chi connectivity index (χ2v) is 4.13. The Hall–Kier alpha value is -2.43. The van der Waals surface area contributed by atoms with Crippen molar-refractivity contribution in [1.82, 2.24) is 9.97 Å². The van der Waals surface area contributed by atoms with Crippen molar-refractivity contribution in [1.29, 1.82) is 0 Å². The third-order valence-corrected chi connectivity index (χ3v) is 2.35. The van der Waals surface area contributed by atoms with E-state index in [2.05, 4.69) is 15.3 Å². The van der Waals surface area contributed by atoms with Crippen LogP contribution in [0, 0.1) is 6.92 Å². The van der Waals surface area contributed by atoms with Gasteiger partial charge in [-0.3, -0.25) is 10.1 Å². The zero-order valence-corrected chi connectivity index (χ0v) is 10.9. The lowest BCUT2D eigenvalue weighted by Crippen LogP contribution is -2.10. The minimum Gasteiger partial charge on any atom is -0.473 e. The topological polar surface area (TPSA) is 64.1 Å². The molecule has 0 saturated heterocycles. The first kappa shape index (κ1) is 13.0. The van der Waals surface area contributed by atoms with Gasteiger partial charge in [-0.25, -0.2) is 4.98 Å². The molecule has 98 valence electrons. The van der Waals surface area contributed by atoms with Gasteiger partial charge in [0.25, 0.3) is 0 Å². The molecule has 1 amide bonds. The van der Waals surface area contributed by atoms with Crippen molar-refractivity contribution in [3.8, 4) is 5.88 Å². The molecule has 19 heavy (non-hydrogen) atoms. The number of anilines is 1. The van der Waals surface area contributed by atoms with E-state index in [9.17, 15) is 4.79 Å². The number of carbonyl (C=O) groups is 1. The van der Waals surface area contributed by atoms with Crippen LogP contribution in [0.3, 0.4) is 0 Å². The van der Waals surface area contributed by atoms with Crippen LogP contribution in [-0.4, -0.2) is 15.9 Å². The number of rotatable bonds is 4. The van der Waals surface area contributed by atoms with Crippen molar-refractivity contribution in [3.05, 3.63) is 47.7 Å². The monoisotopic (exact) mass is 257 g/mol. The van der Waals surface area contributed by atoms with Crippen LogP contribution in [0.15, 0.2) is 36.4 Å². The van der Waals surface area contributed by atoms with Crippen LogP contribution in [0.4, 0.5) is 5.95 Å². The lowest BCUT2D eigenvalue weighted by atomic mass is 10.2. The van der Waals surface area contributed by atoms with Crippen molar-refractivity contribution in [3.63, 3.8) is 0 Å². The highest BCUT2D eigenvalue weighted by molar-refractivity contribution is 5.86. The first-order valence-electron chi connectivity index (χ1n) is 5.93. The fourth-order valence-corrected chi connectivity index (χ4v) is 1.56. The maximum Gasteiger partial charge on any atom is 0.232 e. The summed E-state index contributed by atoms with van der Waals surface area (Å²) in [7, 11) is 0. The van der Waals surface area contributed by atoms with E-state index in [4.69, 9.17) is 4.74 Å². The van der Waals surface area contributed by atoms with Crippen molar-refractivity contribution in [2.45, 2.75) is 20.5 Å². The Bertz CT molecular complexity index is 570. The Morgan fingerprint density at radius 3 is 2.68 bits per heavy atom. The third-order valence-electron chi connectivity index (χ3n) is 2.35. The van der Waals surface area contributed by atoms with Crippen LogP contribution < -0.4 is 10.1 Å². The van der Waals surface area contributed by atoms with Gasteiger partial charge in [0.15, 0.2) is 0 Å². The Labute approximate surface area is 111 Å². The fourth-order valence-electron chi connectivity index (χ4n) is 1.56. The first-order chi connectivity index (χ1) is 9.13. The molecule has 0 fully saturated rings. The quantitative estimate of drug-likeness (QED) is 0.913. The van der Waals surface area contributed by atoms with Crippen molar-refractivity contribution >= 4 is 11.9 Å². The highest BCUT2D eigenvalue weighted by atomic mass is 16.5. The maximum absolute atomic E-state index is 11.0. The standard InChI is InChI=1S/C14H15N3O2/c1-10-8-13(17-14(15-10)16-11(2)18)19-9-12-6-4-3-5-7-12/h3-8H,9H2,1-2H3,(H,15,16,17,18). The van der Waals surface area contributed by atoms with Crippen molar-refractivity contribution in [2.24, 2.45) is 0 Å². The molecule has 0 atom stereocenters. The molecular formula is C14H15N3O2. The average molecular weight is 257 g/mol. The van der Waals surface area contributed by atoms with Crippen molar-refractivity contribution < 1.29 is 9.53 Å². The van der Waals surface area contributed by atoms with E-state index in [1.165, 1.54) is 6.92 Å². The molecule has 1 heterocycles. The van der Waals surface area contributed by atoms with E-state index in [1.54, 1.807) is 6.07 Å². The number of nitrogens with one attached hydrogen (secondary N) is 1. The molecule has 1 aromatic carbocycles. The van der Waals surface area contributed by atoms with E-state index < -0.39 is 0 Å². The number of aryl methyl sites for hydroxylation is 1. The van der Waals surface area contributed by atoms with Crippen molar-refractivity contribution in [2.75, 3.05) is 5.32 Å². The van der Waals surface area contributed by atoms with Gasteiger partial charge in [0.05, 0.1) is 0 Å². The van der Waals surface area contributed by atoms with Gasteiger partial charge in [-0.2, -0.15) is 4.98 Å². The van der Waals surface area contributed by atoms with Crippen LogP contribution >= 0.6 is 0 Å². The summed E-state index contributed by atoms with van der Waals surface area (Å²) in [6.45, 7) is 3.66. The molecule has 0 aliphatic rings. The minimum atomic E-state index is -0.209. The number of carbonyl (C=O) groups excluding carboxylic acids is 1. The highest BCUT2D eigenvalue weighted by Gasteiger charge is 2.04. The fraction of sp³-hybridized carbons (Fsp3) is 0.214. The van der Waals surface area contributed by atoms with Gasteiger partial charge >= 0.3 is 0 Å². The summed E-state index contributed by atoms with van der Waals surface area (Å²) in [5.74, 6) is 0.496. The summed E-state index contributed by atoms with van der Waals surface area (Å²) >= 11 is 0. The molecule has 0 saturated carbocycles. The summed E-state index contributed by atoms with van der Waals surface area (Å²) in [4.78, 5) is 19.2. The second-order valence-electron chi connectivity index (χ2n) is 4.13. The Morgan fingerprint density at radius 2 is 2.00 bits per heavy atom. The zero-order chi connectivity index (χ0) is 13.7. The second kappa shape index (κ2) is 5.95. The predicted octanol–water partition coefficient (Wildman–Crippen LogP) is 2.32. The molecule has 0 spiro atoms. The zero-order valence-electron chi connectivity index (χ0n) is 10.9.